The number of aromatic nitrogens is 1. The largest absolute Gasteiger partial charge is 0.322 e. The number of anilines is 2. The van der Waals surface area contributed by atoms with Gasteiger partial charge in [0.1, 0.15) is 0 Å². The third kappa shape index (κ3) is 4.20. The highest BCUT2D eigenvalue weighted by atomic mass is 32.1. The van der Waals surface area contributed by atoms with Crippen LogP contribution >= 0.6 is 11.3 Å². The first kappa shape index (κ1) is 19.5. The summed E-state index contributed by atoms with van der Waals surface area (Å²) < 4.78 is 1.20. The van der Waals surface area contributed by atoms with Gasteiger partial charge in [0, 0.05) is 36.3 Å². The van der Waals surface area contributed by atoms with Gasteiger partial charge < -0.3 is 10.2 Å². The molecule has 1 aliphatic rings. The Morgan fingerprint density at radius 3 is 2.48 bits per heavy atom. The molecule has 154 valence electrons. The average Bonchev–Trinajstić information content (AvgIpc) is 3.40. The zero-order valence-corrected chi connectivity index (χ0v) is 17.7. The maximum absolute atomic E-state index is 12.6. The highest BCUT2D eigenvalue weighted by molar-refractivity contribution is 7.18. The molecule has 0 unspecified atom stereocenters. The van der Waals surface area contributed by atoms with Crippen LogP contribution in [0.4, 0.5) is 11.4 Å². The van der Waals surface area contributed by atoms with Crippen LogP contribution in [-0.2, 0) is 11.2 Å². The molecule has 2 amide bonds. The topological polar surface area (TPSA) is 62.3 Å². The first-order chi connectivity index (χ1) is 15.2. The number of fused-ring (bicyclic) bond motifs is 1. The molecule has 2 heterocycles. The lowest BCUT2D eigenvalue weighted by Crippen LogP contribution is -2.23. The monoisotopic (exact) mass is 427 g/mol. The fourth-order valence-corrected chi connectivity index (χ4v) is 4.79. The van der Waals surface area contributed by atoms with Crippen LogP contribution in [0.1, 0.15) is 33.8 Å². The summed E-state index contributed by atoms with van der Waals surface area (Å²) in [7, 11) is 0. The Hall–Kier alpha value is -3.51. The first-order valence-electron chi connectivity index (χ1n) is 10.3. The third-order valence-corrected chi connectivity index (χ3v) is 6.46. The van der Waals surface area contributed by atoms with E-state index in [9.17, 15) is 9.59 Å². The number of hydrogen-bond acceptors (Lipinski definition) is 4. The van der Waals surface area contributed by atoms with Gasteiger partial charge in [0.25, 0.3) is 5.91 Å². The Morgan fingerprint density at radius 1 is 1.00 bits per heavy atom. The summed E-state index contributed by atoms with van der Waals surface area (Å²) in [5.74, 6) is -0.0265. The Labute approximate surface area is 184 Å². The van der Waals surface area contributed by atoms with Gasteiger partial charge in [-0.05, 0) is 60.5 Å². The Kier molecular flexibility index (Phi) is 5.22. The molecule has 6 heteroatoms. The number of nitrogens with zero attached hydrogens (tertiary/aromatic N) is 2. The molecule has 0 aliphatic carbocycles. The van der Waals surface area contributed by atoms with Gasteiger partial charge >= 0.3 is 0 Å². The van der Waals surface area contributed by atoms with Gasteiger partial charge in [0.2, 0.25) is 5.91 Å². The second-order valence-electron chi connectivity index (χ2n) is 7.60. The summed E-state index contributed by atoms with van der Waals surface area (Å²) in [6.07, 6.45) is 2.25. The summed E-state index contributed by atoms with van der Waals surface area (Å²) in [6, 6.07) is 23.2. The Balaban J connectivity index is 1.23. The van der Waals surface area contributed by atoms with Crippen LogP contribution < -0.4 is 10.2 Å². The minimum atomic E-state index is -0.168. The number of thiazole rings is 1. The van der Waals surface area contributed by atoms with E-state index in [4.69, 9.17) is 0 Å². The standard InChI is InChI=1S/C25H21N3O2S/c29-24-6-3-15-28(24)20-13-9-18(10-14-20)25(30)26-19-11-7-17(8-12-19)16-23-27-21-4-1-2-5-22(21)31-23/h1-2,4-5,7-14H,3,6,15-16H2,(H,26,30). The minimum absolute atomic E-state index is 0.142. The smallest absolute Gasteiger partial charge is 0.255 e. The van der Waals surface area contributed by atoms with E-state index in [-0.39, 0.29) is 11.8 Å². The van der Waals surface area contributed by atoms with Crippen molar-refractivity contribution in [2.75, 3.05) is 16.8 Å². The number of carbonyl (C=O) groups excluding carboxylic acids is 2. The van der Waals surface area contributed by atoms with Crippen LogP contribution in [0.3, 0.4) is 0 Å². The van der Waals surface area contributed by atoms with Crippen molar-refractivity contribution in [3.63, 3.8) is 0 Å². The number of carbonyl (C=O) groups is 2. The van der Waals surface area contributed by atoms with Crippen LogP contribution in [0.2, 0.25) is 0 Å². The van der Waals surface area contributed by atoms with E-state index >= 15 is 0 Å². The maximum Gasteiger partial charge on any atom is 0.255 e. The normalized spacial score (nSPS) is 13.7. The fourth-order valence-electron chi connectivity index (χ4n) is 3.79. The van der Waals surface area contributed by atoms with Crippen molar-refractivity contribution in [2.45, 2.75) is 19.3 Å². The molecular formula is C25H21N3O2S. The molecule has 1 N–H and O–H groups in total. The number of rotatable bonds is 5. The zero-order chi connectivity index (χ0) is 21.2. The molecule has 0 spiro atoms. The van der Waals surface area contributed by atoms with E-state index in [0.717, 1.165) is 46.8 Å². The SMILES string of the molecule is O=C(Nc1ccc(Cc2nc3ccccc3s2)cc1)c1ccc(N2CCCC2=O)cc1. The maximum atomic E-state index is 12.6. The molecular weight excluding hydrogens is 406 g/mol. The van der Waals surface area contributed by atoms with Crippen molar-refractivity contribution in [1.82, 2.24) is 4.98 Å². The summed E-state index contributed by atoms with van der Waals surface area (Å²) in [5.41, 5.74) is 4.34. The van der Waals surface area contributed by atoms with Crippen molar-refractivity contribution in [3.05, 3.63) is 88.9 Å². The third-order valence-electron chi connectivity index (χ3n) is 5.42. The van der Waals surface area contributed by atoms with Crippen molar-refractivity contribution in [1.29, 1.82) is 0 Å². The van der Waals surface area contributed by atoms with E-state index in [0.29, 0.717) is 12.0 Å². The molecule has 31 heavy (non-hydrogen) atoms. The molecule has 0 atom stereocenters. The highest BCUT2D eigenvalue weighted by Gasteiger charge is 2.21. The van der Waals surface area contributed by atoms with Gasteiger partial charge in [-0.15, -0.1) is 11.3 Å². The zero-order valence-electron chi connectivity index (χ0n) is 16.9. The van der Waals surface area contributed by atoms with Crippen molar-refractivity contribution in [2.24, 2.45) is 0 Å². The van der Waals surface area contributed by atoms with E-state index in [1.807, 2.05) is 54.6 Å². The van der Waals surface area contributed by atoms with Gasteiger partial charge in [0.15, 0.2) is 0 Å². The number of hydrogen-bond donors (Lipinski definition) is 1. The fraction of sp³-hybridized carbons (Fsp3) is 0.160. The van der Waals surface area contributed by atoms with Crippen LogP contribution in [0, 0.1) is 0 Å². The van der Waals surface area contributed by atoms with Gasteiger partial charge in [-0.1, -0.05) is 24.3 Å². The van der Waals surface area contributed by atoms with E-state index in [1.165, 1.54) is 4.70 Å². The quantitative estimate of drug-likeness (QED) is 0.472. The van der Waals surface area contributed by atoms with Crippen LogP contribution in [0.25, 0.3) is 10.2 Å². The average molecular weight is 428 g/mol. The lowest BCUT2D eigenvalue weighted by molar-refractivity contribution is -0.117. The summed E-state index contributed by atoms with van der Waals surface area (Å²) in [4.78, 5) is 30.9. The summed E-state index contributed by atoms with van der Waals surface area (Å²) >= 11 is 1.71. The molecule has 3 aromatic carbocycles. The van der Waals surface area contributed by atoms with Crippen molar-refractivity contribution in [3.8, 4) is 0 Å². The van der Waals surface area contributed by atoms with E-state index in [1.54, 1.807) is 28.4 Å². The Bertz CT molecular complexity index is 1210. The van der Waals surface area contributed by atoms with Crippen LogP contribution in [0.15, 0.2) is 72.8 Å². The first-order valence-corrected chi connectivity index (χ1v) is 11.1. The predicted octanol–water partition coefficient (Wildman–Crippen LogP) is 5.27. The summed E-state index contributed by atoms with van der Waals surface area (Å²) in [5, 5.41) is 4.01. The van der Waals surface area contributed by atoms with Gasteiger partial charge in [-0.2, -0.15) is 0 Å². The molecule has 5 rings (SSSR count). The molecule has 0 radical (unpaired) electrons. The molecule has 1 aromatic heterocycles. The van der Waals surface area contributed by atoms with Crippen LogP contribution in [-0.4, -0.2) is 23.3 Å². The van der Waals surface area contributed by atoms with E-state index < -0.39 is 0 Å². The molecule has 1 saturated heterocycles. The number of amides is 2. The molecule has 1 aliphatic heterocycles. The van der Waals surface area contributed by atoms with Gasteiger partial charge in [-0.3, -0.25) is 9.59 Å². The molecule has 5 nitrogen and oxygen atoms in total. The number of nitrogens with one attached hydrogen (secondary N) is 1. The van der Waals surface area contributed by atoms with Crippen molar-refractivity contribution >= 4 is 44.7 Å². The van der Waals surface area contributed by atoms with Crippen molar-refractivity contribution < 1.29 is 9.59 Å². The van der Waals surface area contributed by atoms with E-state index in [2.05, 4.69) is 16.4 Å². The number of benzene rings is 3. The Morgan fingerprint density at radius 2 is 1.77 bits per heavy atom. The summed E-state index contributed by atoms with van der Waals surface area (Å²) in [6.45, 7) is 0.744. The van der Waals surface area contributed by atoms with Crippen LogP contribution in [0.5, 0.6) is 0 Å². The second-order valence-corrected chi connectivity index (χ2v) is 8.71. The lowest BCUT2D eigenvalue weighted by atomic mass is 10.1. The highest BCUT2D eigenvalue weighted by Crippen LogP contribution is 2.25. The van der Waals surface area contributed by atoms with Gasteiger partial charge in [-0.25, -0.2) is 4.98 Å². The molecule has 0 bridgehead atoms. The predicted molar refractivity (Wildman–Crippen MR) is 125 cm³/mol. The number of para-hydroxylation sites is 1. The van der Waals surface area contributed by atoms with Gasteiger partial charge in [0.05, 0.1) is 15.2 Å². The minimum Gasteiger partial charge on any atom is -0.322 e. The molecule has 4 aromatic rings. The molecule has 0 saturated carbocycles. The lowest BCUT2D eigenvalue weighted by Gasteiger charge is -2.15. The second kappa shape index (κ2) is 8.32. The molecule has 1 fully saturated rings.